The van der Waals surface area contributed by atoms with Crippen molar-refractivity contribution in [1.82, 2.24) is 9.47 Å². The minimum Gasteiger partial charge on any atom is -0.502 e. The molecule has 0 spiro atoms. The molecule has 2 N–H and O–H groups in total. The summed E-state index contributed by atoms with van der Waals surface area (Å²) in [5.74, 6) is -3.45. The number of carbonyl (C=O) groups excluding carboxylic acids is 2. The number of aromatic nitrogens is 1. The maximum absolute atomic E-state index is 12.2. The van der Waals surface area contributed by atoms with Crippen LogP contribution in [-0.2, 0) is 4.79 Å². The molecule has 0 aliphatic carbocycles. The summed E-state index contributed by atoms with van der Waals surface area (Å²) in [6.07, 6.45) is 1.87. The average molecular weight is 337 g/mol. The number of carboxylic acids is 1. The third-order valence-corrected chi connectivity index (χ3v) is 3.34. The van der Waals surface area contributed by atoms with Crippen LogP contribution in [0.5, 0.6) is 0 Å². The van der Waals surface area contributed by atoms with Gasteiger partial charge in [0.15, 0.2) is 5.78 Å². The van der Waals surface area contributed by atoms with Gasteiger partial charge in [-0.2, -0.15) is 0 Å². The van der Waals surface area contributed by atoms with Crippen LogP contribution < -0.4 is 0 Å². The first-order valence-corrected chi connectivity index (χ1v) is 6.80. The molecule has 0 fully saturated rings. The summed E-state index contributed by atoms with van der Waals surface area (Å²) >= 11 is 5.93. The highest BCUT2D eigenvalue weighted by Gasteiger charge is 2.20. The van der Waals surface area contributed by atoms with E-state index in [0.717, 1.165) is 0 Å². The Bertz CT molecular complexity index is 851. The fourth-order valence-corrected chi connectivity index (χ4v) is 2.21. The number of halogens is 1. The molecule has 1 heterocycles. The van der Waals surface area contributed by atoms with Gasteiger partial charge in [-0.05, 0) is 18.2 Å². The van der Waals surface area contributed by atoms with Gasteiger partial charge in [0, 0.05) is 42.3 Å². The van der Waals surface area contributed by atoms with Crippen molar-refractivity contribution in [2.24, 2.45) is 0 Å². The number of hydrogen-bond donors (Lipinski definition) is 2. The molecule has 23 heavy (non-hydrogen) atoms. The largest absolute Gasteiger partial charge is 0.502 e. The van der Waals surface area contributed by atoms with Crippen molar-refractivity contribution >= 4 is 40.3 Å². The molecule has 0 atom stereocenters. The van der Waals surface area contributed by atoms with E-state index in [1.807, 2.05) is 0 Å². The van der Waals surface area contributed by atoms with E-state index in [1.165, 1.54) is 21.7 Å². The van der Waals surface area contributed by atoms with Crippen LogP contribution in [0.1, 0.15) is 10.4 Å². The molecule has 1 aromatic carbocycles. The summed E-state index contributed by atoms with van der Waals surface area (Å²) in [5.41, 5.74) is 0.505. The molecule has 1 aromatic heterocycles. The third kappa shape index (κ3) is 3.19. The van der Waals surface area contributed by atoms with Crippen molar-refractivity contribution in [2.45, 2.75) is 0 Å². The number of carbonyl (C=O) groups is 3. The Morgan fingerprint density at radius 2 is 1.87 bits per heavy atom. The second-order valence-electron chi connectivity index (χ2n) is 4.95. The van der Waals surface area contributed by atoms with Crippen LogP contribution in [0.4, 0.5) is 4.79 Å². The number of hydrogen-bond acceptors (Lipinski definition) is 4. The van der Waals surface area contributed by atoms with Gasteiger partial charge in [-0.1, -0.05) is 11.6 Å². The van der Waals surface area contributed by atoms with Gasteiger partial charge >= 0.3 is 12.0 Å². The molecule has 0 aliphatic rings. The molecule has 0 unspecified atom stereocenters. The quantitative estimate of drug-likeness (QED) is 0.509. The van der Waals surface area contributed by atoms with Crippen molar-refractivity contribution in [3.63, 3.8) is 0 Å². The highest BCUT2D eigenvalue weighted by Crippen LogP contribution is 2.26. The lowest BCUT2D eigenvalue weighted by Gasteiger charge is -2.11. The molecule has 0 bridgehead atoms. The van der Waals surface area contributed by atoms with Crippen molar-refractivity contribution in [3.05, 3.63) is 46.8 Å². The zero-order valence-electron chi connectivity index (χ0n) is 12.3. The summed E-state index contributed by atoms with van der Waals surface area (Å²) in [5, 5.41) is 18.6. The van der Waals surface area contributed by atoms with Crippen molar-refractivity contribution in [2.75, 3.05) is 14.1 Å². The first-order valence-electron chi connectivity index (χ1n) is 6.43. The van der Waals surface area contributed by atoms with Crippen molar-refractivity contribution in [1.29, 1.82) is 0 Å². The third-order valence-electron chi connectivity index (χ3n) is 3.11. The van der Waals surface area contributed by atoms with Gasteiger partial charge in [-0.15, -0.1) is 0 Å². The van der Waals surface area contributed by atoms with Gasteiger partial charge in [0.2, 0.25) is 5.76 Å². The second kappa shape index (κ2) is 6.13. The maximum Gasteiger partial charge on any atom is 0.371 e. The van der Waals surface area contributed by atoms with Crippen molar-refractivity contribution in [3.8, 4) is 0 Å². The molecule has 7 nitrogen and oxygen atoms in total. The Hall–Kier alpha value is -2.80. The van der Waals surface area contributed by atoms with Crippen LogP contribution in [0.2, 0.25) is 5.02 Å². The number of aliphatic hydroxyl groups excluding tert-OH is 1. The number of rotatable bonds is 3. The number of allylic oxidation sites excluding steroid dienone is 1. The Morgan fingerprint density at radius 1 is 1.22 bits per heavy atom. The lowest BCUT2D eigenvalue weighted by Crippen LogP contribution is -2.26. The standard InChI is InChI=1S/C15H13ClN2O5/c1-17(2)15(23)18-7-10(12(19)6-13(20)14(21)22)9-5-8(16)3-4-11(9)18/h3-7,20H,1-2H3,(H,21,22). The summed E-state index contributed by atoms with van der Waals surface area (Å²) in [7, 11) is 3.11. The molecule has 0 radical (unpaired) electrons. The number of ketones is 1. The highest BCUT2D eigenvalue weighted by atomic mass is 35.5. The number of aliphatic hydroxyl groups is 1. The van der Waals surface area contributed by atoms with Gasteiger partial charge in [-0.3, -0.25) is 9.36 Å². The van der Waals surface area contributed by atoms with Gasteiger partial charge in [-0.25, -0.2) is 9.59 Å². The van der Waals surface area contributed by atoms with E-state index in [9.17, 15) is 19.5 Å². The number of carboxylic acid groups (broad SMARTS) is 1. The Morgan fingerprint density at radius 3 is 2.43 bits per heavy atom. The monoisotopic (exact) mass is 336 g/mol. The number of benzene rings is 1. The fraction of sp³-hybridized carbons (Fsp3) is 0.133. The molecular formula is C15H13ClN2O5. The van der Waals surface area contributed by atoms with E-state index in [2.05, 4.69) is 0 Å². The molecule has 120 valence electrons. The predicted octanol–water partition coefficient (Wildman–Crippen LogP) is 2.53. The first-order chi connectivity index (χ1) is 10.7. The Balaban J connectivity index is 2.67. The minimum absolute atomic E-state index is 0.0606. The SMILES string of the molecule is CN(C)C(=O)n1cc(C(=O)C=C(O)C(=O)O)c2cc(Cl)ccc21. The molecule has 1 amide bonds. The van der Waals surface area contributed by atoms with E-state index in [0.29, 0.717) is 22.0 Å². The second-order valence-corrected chi connectivity index (χ2v) is 5.39. The molecule has 0 aliphatic heterocycles. The van der Waals surface area contributed by atoms with Crippen molar-refractivity contribution < 1.29 is 24.6 Å². The summed E-state index contributed by atoms with van der Waals surface area (Å²) < 4.78 is 1.25. The zero-order chi connectivity index (χ0) is 17.3. The van der Waals surface area contributed by atoms with Gasteiger partial charge < -0.3 is 15.1 Å². The number of amides is 1. The van der Waals surface area contributed by atoms with Crippen LogP contribution in [0.15, 0.2) is 36.2 Å². The zero-order valence-corrected chi connectivity index (χ0v) is 13.0. The van der Waals surface area contributed by atoms with E-state index in [4.69, 9.17) is 16.7 Å². The van der Waals surface area contributed by atoms with Crippen LogP contribution in [0.25, 0.3) is 10.9 Å². The minimum atomic E-state index is -1.62. The number of aliphatic carboxylic acids is 1. The van der Waals surface area contributed by atoms with Crippen LogP contribution >= 0.6 is 11.6 Å². The summed E-state index contributed by atoms with van der Waals surface area (Å²) in [6.45, 7) is 0. The Kier molecular flexibility index (Phi) is 4.42. The molecule has 2 aromatic rings. The van der Waals surface area contributed by atoms with E-state index >= 15 is 0 Å². The maximum atomic E-state index is 12.2. The molecule has 0 saturated heterocycles. The van der Waals surface area contributed by atoms with Crippen LogP contribution in [0.3, 0.4) is 0 Å². The molecule has 0 saturated carbocycles. The van der Waals surface area contributed by atoms with E-state index in [1.54, 1.807) is 26.2 Å². The number of nitrogens with zero attached hydrogens (tertiary/aromatic N) is 2. The van der Waals surface area contributed by atoms with E-state index < -0.39 is 17.5 Å². The van der Waals surface area contributed by atoms with Crippen LogP contribution in [-0.4, -0.2) is 51.6 Å². The lowest BCUT2D eigenvalue weighted by molar-refractivity contribution is -0.135. The van der Waals surface area contributed by atoms with Gasteiger partial charge in [0.05, 0.1) is 5.52 Å². The molecule has 8 heteroatoms. The average Bonchev–Trinajstić information content (AvgIpc) is 2.84. The molecule has 2 rings (SSSR count). The van der Waals surface area contributed by atoms with E-state index in [-0.39, 0.29) is 11.6 Å². The summed E-state index contributed by atoms with van der Waals surface area (Å²) in [4.78, 5) is 36.4. The smallest absolute Gasteiger partial charge is 0.371 e. The molecular weight excluding hydrogens is 324 g/mol. The normalized spacial score (nSPS) is 11.5. The van der Waals surface area contributed by atoms with Crippen LogP contribution in [0, 0.1) is 0 Å². The topological polar surface area (TPSA) is 99.8 Å². The lowest BCUT2D eigenvalue weighted by atomic mass is 10.1. The summed E-state index contributed by atoms with van der Waals surface area (Å²) in [6, 6.07) is 4.26. The highest BCUT2D eigenvalue weighted by molar-refractivity contribution is 6.31. The van der Waals surface area contributed by atoms with Gasteiger partial charge in [0.1, 0.15) is 0 Å². The number of fused-ring (bicyclic) bond motifs is 1. The Labute approximate surface area is 136 Å². The predicted molar refractivity (Wildman–Crippen MR) is 84.1 cm³/mol. The fourth-order valence-electron chi connectivity index (χ4n) is 2.04. The van der Waals surface area contributed by atoms with Gasteiger partial charge in [0.25, 0.3) is 0 Å². The first kappa shape index (κ1) is 16.6.